The molecule has 0 aliphatic heterocycles. The molecule has 0 radical (unpaired) electrons. The number of H-pyrrole nitrogens is 1. The van der Waals surface area contributed by atoms with E-state index in [9.17, 15) is 14.9 Å². The molecule has 0 aliphatic carbocycles. The van der Waals surface area contributed by atoms with Gasteiger partial charge in [0.1, 0.15) is 11.4 Å². The van der Waals surface area contributed by atoms with Crippen LogP contribution in [0.4, 0.5) is 17.1 Å². The number of ether oxygens (including phenoxy) is 1. The molecule has 0 amide bonds. The van der Waals surface area contributed by atoms with Crippen molar-refractivity contribution in [1.29, 1.82) is 0 Å². The number of azo groups is 1. The lowest BCUT2D eigenvalue weighted by Gasteiger charge is -2.02. The lowest BCUT2D eigenvalue weighted by atomic mass is 10.1. The monoisotopic (exact) mass is 732 g/mol. The Balaban J connectivity index is 1.61. The Labute approximate surface area is 249 Å². The number of nitrogens with zero attached hydrogens (tertiary/aromatic N) is 5. The van der Waals surface area contributed by atoms with E-state index >= 15 is 0 Å². The van der Waals surface area contributed by atoms with Gasteiger partial charge in [-0.2, -0.15) is 4.68 Å². The highest BCUT2D eigenvalue weighted by molar-refractivity contribution is 9.11. The molecule has 5 aromatic rings. The van der Waals surface area contributed by atoms with Crippen LogP contribution >= 0.6 is 59.1 Å². The van der Waals surface area contributed by atoms with Gasteiger partial charge in [-0.1, -0.05) is 15.9 Å². The van der Waals surface area contributed by atoms with Gasteiger partial charge in [0.25, 0.3) is 5.69 Å². The fourth-order valence-corrected chi connectivity index (χ4v) is 6.81. The van der Waals surface area contributed by atoms with E-state index in [-0.39, 0.29) is 11.4 Å². The molecule has 0 saturated heterocycles. The van der Waals surface area contributed by atoms with Gasteiger partial charge in [0.15, 0.2) is 5.69 Å². The number of methoxy groups -OCH3 is 1. The van der Waals surface area contributed by atoms with Gasteiger partial charge >= 0.3 is 5.56 Å². The van der Waals surface area contributed by atoms with Crippen molar-refractivity contribution in [2.45, 2.75) is 0 Å². The van der Waals surface area contributed by atoms with Crippen LogP contribution in [0, 0.1) is 10.1 Å². The van der Waals surface area contributed by atoms with E-state index in [0.29, 0.717) is 36.7 Å². The summed E-state index contributed by atoms with van der Waals surface area (Å²) in [6.45, 7) is 0. The van der Waals surface area contributed by atoms with Crippen LogP contribution in [0.25, 0.3) is 27.6 Å². The molecule has 0 unspecified atom stereocenters. The normalized spacial score (nSPS) is 11.3. The number of thiazole rings is 1. The Hall–Kier alpha value is -3.46. The molecule has 14 heteroatoms. The minimum Gasteiger partial charge on any atom is -0.497 e. The number of nitro benzene ring substituents is 1. The Morgan fingerprint density at radius 2 is 1.59 bits per heavy atom. The van der Waals surface area contributed by atoms with Crippen molar-refractivity contribution in [3.05, 3.63) is 99.9 Å². The number of hydrogen-bond acceptors (Lipinski definition) is 8. The molecular weight excluding hydrogens is 720 g/mol. The van der Waals surface area contributed by atoms with Gasteiger partial charge in [-0.15, -0.1) is 21.6 Å². The third-order valence-corrected chi connectivity index (χ3v) is 8.03. The van der Waals surface area contributed by atoms with Gasteiger partial charge < -0.3 is 4.74 Å². The van der Waals surface area contributed by atoms with Gasteiger partial charge in [-0.05, 0) is 80.4 Å². The van der Waals surface area contributed by atoms with Crippen molar-refractivity contribution in [2.24, 2.45) is 10.2 Å². The van der Waals surface area contributed by atoms with Crippen molar-refractivity contribution in [3.8, 4) is 33.4 Å². The fraction of sp³-hybridized carbons (Fsp3) is 0.0400. The number of aromatic amines is 1. The maximum atomic E-state index is 13.6. The highest BCUT2D eigenvalue weighted by Crippen LogP contribution is 2.38. The van der Waals surface area contributed by atoms with Crippen LogP contribution in [-0.4, -0.2) is 26.8 Å². The highest BCUT2D eigenvalue weighted by atomic mass is 79.9. The van der Waals surface area contributed by atoms with Crippen LogP contribution in [0.3, 0.4) is 0 Å². The molecule has 10 nitrogen and oxygen atoms in total. The summed E-state index contributed by atoms with van der Waals surface area (Å²) in [6.07, 6.45) is 0. The Kier molecular flexibility index (Phi) is 7.88. The lowest BCUT2D eigenvalue weighted by Crippen LogP contribution is -2.13. The van der Waals surface area contributed by atoms with E-state index in [4.69, 9.17) is 4.74 Å². The van der Waals surface area contributed by atoms with E-state index < -0.39 is 10.5 Å². The smallest absolute Gasteiger partial charge is 0.301 e. The van der Waals surface area contributed by atoms with Gasteiger partial charge in [-0.25, -0.2) is 4.98 Å². The van der Waals surface area contributed by atoms with E-state index in [2.05, 4.69) is 68.1 Å². The van der Waals surface area contributed by atoms with Crippen LogP contribution in [0.2, 0.25) is 0 Å². The van der Waals surface area contributed by atoms with Gasteiger partial charge in [-0.3, -0.25) is 20.0 Å². The van der Waals surface area contributed by atoms with E-state index in [0.717, 1.165) is 15.8 Å². The van der Waals surface area contributed by atoms with Crippen molar-refractivity contribution in [3.63, 3.8) is 0 Å². The van der Waals surface area contributed by atoms with Crippen LogP contribution in [0.15, 0.2) is 94.5 Å². The molecule has 0 spiro atoms. The first-order valence-corrected chi connectivity index (χ1v) is 14.3. The SMILES string of the molecule is COc1ccc(-c2csc(-n3[nH]c(-c4ccc([N+](=O)[O-])cc4)c(N=Nc4c(Br)cc(Br)cc4Br)c3=O)n2)cc1. The van der Waals surface area contributed by atoms with Crippen molar-refractivity contribution >= 4 is 76.2 Å². The van der Waals surface area contributed by atoms with Crippen LogP contribution in [0.5, 0.6) is 5.75 Å². The molecule has 0 aliphatic rings. The van der Waals surface area contributed by atoms with Gasteiger partial charge in [0, 0.05) is 42.1 Å². The predicted octanol–water partition coefficient (Wildman–Crippen LogP) is 8.58. The third-order valence-electron chi connectivity index (χ3n) is 5.53. The number of non-ortho nitro benzene ring substituents is 1. The first kappa shape index (κ1) is 27.1. The molecule has 0 saturated carbocycles. The standard InChI is InChI=1S/C25H15Br3N6O4S/c1-38-17-8-4-13(5-9-17)20-12-39-25(29-20)33-24(35)23(31-30-22-18(27)10-15(26)11-19(22)28)21(32-33)14-2-6-16(7-3-14)34(36)37/h2-12,32H,1H3. The quantitative estimate of drug-likeness (QED) is 0.102. The Morgan fingerprint density at radius 3 is 2.21 bits per heavy atom. The zero-order valence-electron chi connectivity index (χ0n) is 19.8. The molecule has 1 N–H and O–H groups in total. The average molecular weight is 735 g/mol. The minimum atomic E-state index is -0.489. The molecule has 39 heavy (non-hydrogen) atoms. The first-order valence-electron chi connectivity index (χ1n) is 11.0. The summed E-state index contributed by atoms with van der Waals surface area (Å²) < 4.78 is 8.64. The van der Waals surface area contributed by atoms with Crippen molar-refractivity contribution < 1.29 is 9.66 Å². The topological polar surface area (TPSA) is 128 Å². The number of nitrogens with one attached hydrogen (secondary N) is 1. The van der Waals surface area contributed by atoms with Gasteiger partial charge in [0.05, 0.1) is 23.4 Å². The summed E-state index contributed by atoms with van der Waals surface area (Å²) in [7, 11) is 1.60. The maximum Gasteiger partial charge on any atom is 0.301 e. The molecule has 2 aromatic heterocycles. The van der Waals surface area contributed by atoms with Gasteiger partial charge in [0.2, 0.25) is 5.13 Å². The summed E-state index contributed by atoms with van der Waals surface area (Å²) in [5, 5.41) is 25.1. The lowest BCUT2D eigenvalue weighted by molar-refractivity contribution is -0.384. The first-order chi connectivity index (χ1) is 18.7. The third kappa shape index (κ3) is 5.64. The van der Waals surface area contributed by atoms with E-state index in [1.54, 1.807) is 19.2 Å². The second kappa shape index (κ2) is 11.3. The number of benzene rings is 3. The minimum absolute atomic E-state index is 0.0202. The number of nitro groups is 1. The van der Waals surface area contributed by atoms with Crippen LogP contribution < -0.4 is 10.3 Å². The Bertz CT molecular complexity index is 1760. The molecule has 5 rings (SSSR count). The Morgan fingerprint density at radius 1 is 0.974 bits per heavy atom. The highest BCUT2D eigenvalue weighted by Gasteiger charge is 2.20. The van der Waals surface area contributed by atoms with Crippen LogP contribution in [0.1, 0.15) is 0 Å². The zero-order chi connectivity index (χ0) is 27.7. The summed E-state index contributed by atoms with van der Waals surface area (Å²) in [5.74, 6) is 0.724. The molecular formula is C25H15Br3N6O4S. The number of aromatic nitrogens is 3. The second-order valence-electron chi connectivity index (χ2n) is 7.94. The summed E-state index contributed by atoms with van der Waals surface area (Å²) in [6, 6.07) is 16.8. The number of rotatable bonds is 7. The zero-order valence-corrected chi connectivity index (χ0v) is 25.3. The van der Waals surface area contributed by atoms with Crippen LogP contribution in [-0.2, 0) is 0 Å². The van der Waals surface area contributed by atoms with E-state index in [1.165, 1.54) is 28.2 Å². The molecule has 0 bridgehead atoms. The second-order valence-corrected chi connectivity index (χ2v) is 11.4. The number of hydrogen-bond donors (Lipinski definition) is 1. The molecule has 196 valence electrons. The molecule has 3 aromatic carbocycles. The molecule has 2 heterocycles. The maximum absolute atomic E-state index is 13.6. The van der Waals surface area contributed by atoms with Crippen molar-refractivity contribution in [1.82, 2.24) is 14.8 Å². The predicted molar refractivity (Wildman–Crippen MR) is 160 cm³/mol. The largest absolute Gasteiger partial charge is 0.497 e. The van der Waals surface area contributed by atoms with E-state index in [1.807, 2.05) is 41.8 Å². The van der Waals surface area contributed by atoms with Crippen molar-refractivity contribution in [2.75, 3.05) is 7.11 Å². The fourth-order valence-electron chi connectivity index (χ4n) is 3.60. The summed E-state index contributed by atoms with van der Waals surface area (Å²) >= 11 is 11.6. The average Bonchev–Trinajstić information content (AvgIpc) is 3.53. The summed E-state index contributed by atoms with van der Waals surface area (Å²) in [5.41, 5.74) is 2.35. The molecule has 0 fully saturated rings. The number of halogens is 3. The molecule has 0 atom stereocenters. The summed E-state index contributed by atoms with van der Waals surface area (Å²) in [4.78, 5) is 28.9.